The van der Waals surface area contributed by atoms with Gasteiger partial charge in [0.1, 0.15) is 23.9 Å². The number of hydrogen-bond acceptors (Lipinski definition) is 8. The summed E-state index contributed by atoms with van der Waals surface area (Å²) < 4.78 is 3.40. The van der Waals surface area contributed by atoms with Gasteiger partial charge in [-0.25, -0.2) is 14.6 Å². The van der Waals surface area contributed by atoms with Gasteiger partial charge in [0.25, 0.3) is 5.91 Å². The predicted molar refractivity (Wildman–Crippen MR) is 121 cm³/mol. The highest BCUT2D eigenvalue weighted by atomic mass is 16.2. The first kappa shape index (κ1) is 20.7. The van der Waals surface area contributed by atoms with E-state index < -0.39 is 0 Å². The third-order valence-electron chi connectivity index (χ3n) is 5.81. The summed E-state index contributed by atoms with van der Waals surface area (Å²) in [5.74, 6) is 1.06. The van der Waals surface area contributed by atoms with Crippen molar-refractivity contribution < 1.29 is 4.79 Å². The summed E-state index contributed by atoms with van der Waals surface area (Å²) in [6, 6.07) is 7.25. The third-order valence-corrected chi connectivity index (χ3v) is 5.81. The highest BCUT2D eigenvalue weighted by molar-refractivity contribution is 5.97. The Hall–Kier alpha value is -4.15. The van der Waals surface area contributed by atoms with E-state index in [4.69, 9.17) is 0 Å². The molecule has 11 nitrogen and oxygen atoms in total. The molecule has 4 aromatic rings. The van der Waals surface area contributed by atoms with Crippen LogP contribution in [-0.2, 0) is 6.54 Å². The molecule has 1 fully saturated rings. The van der Waals surface area contributed by atoms with Gasteiger partial charge in [0, 0.05) is 44.6 Å². The normalized spacial score (nSPS) is 14.1. The van der Waals surface area contributed by atoms with Crippen molar-refractivity contribution >= 4 is 22.8 Å². The number of hydrogen-bond donors (Lipinski definition) is 0. The molecule has 33 heavy (non-hydrogen) atoms. The zero-order valence-corrected chi connectivity index (χ0v) is 18.4. The van der Waals surface area contributed by atoms with Crippen LogP contribution in [0.1, 0.15) is 23.0 Å². The number of nitrogens with zero attached hydrogens (tertiary/aromatic N) is 9. The lowest BCUT2D eigenvalue weighted by atomic mass is 10.1. The van der Waals surface area contributed by atoms with Crippen molar-refractivity contribution in [2.75, 3.05) is 31.1 Å². The Morgan fingerprint density at radius 3 is 2.45 bits per heavy atom. The molecule has 5 rings (SSSR count). The predicted octanol–water partition coefficient (Wildman–Crippen LogP) is 1.06. The second kappa shape index (κ2) is 8.41. The maximum absolute atomic E-state index is 13.2. The standard InChI is InChI=1S/C22H23N9O2/c1-3-28-12-17(20(32)16-5-4-15(2)25-21(16)28)22(33)30-10-8-29(9-11-30)18-6-7-19(27-26-18)31-14-23-13-24-31/h4-7,12-14H,3,8-11H2,1-2H3. The third kappa shape index (κ3) is 3.81. The fourth-order valence-corrected chi connectivity index (χ4v) is 4.00. The first-order valence-corrected chi connectivity index (χ1v) is 10.8. The molecule has 0 aliphatic carbocycles. The van der Waals surface area contributed by atoms with Crippen molar-refractivity contribution in [1.82, 2.24) is 39.4 Å². The van der Waals surface area contributed by atoms with Gasteiger partial charge in [-0.05, 0) is 38.1 Å². The number of pyridine rings is 2. The number of rotatable bonds is 4. The Bertz CT molecular complexity index is 1360. The fraction of sp³-hybridized carbons (Fsp3) is 0.318. The van der Waals surface area contributed by atoms with Gasteiger partial charge in [-0.2, -0.15) is 5.10 Å². The van der Waals surface area contributed by atoms with E-state index in [1.165, 1.54) is 11.0 Å². The number of fused-ring (bicyclic) bond motifs is 1. The Balaban J connectivity index is 1.33. The number of aromatic nitrogens is 7. The minimum Gasteiger partial charge on any atom is -0.352 e. The zero-order chi connectivity index (χ0) is 22.9. The minimum atomic E-state index is -0.274. The van der Waals surface area contributed by atoms with E-state index in [0.29, 0.717) is 49.6 Å². The van der Waals surface area contributed by atoms with Crippen LogP contribution in [0.15, 0.2) is 47.9 Å². The molecule has 1 saturated heterocycles. The molecule has 0 aromatic carbocycles. The van der Waals surface area contributed by atoms with Crippen LogP contribution in [-0.4, -0.2) is 71.5 Å². The molecule has 1 aliphatic heterocycles. The van der Waals surface area contributed by atoms with Gasteiger partial charge in [-0.3, -0.25) is 9.59 Å². The monoisotopic (exact) mass is 445 g/mol. The number of amides is 1. The molecule has 0 N–H and O–H groups in total. The van der Waals surface area contributed by atoms with Crippen LogP contribution in [0, 0.1) is 6.92 Å². The van der Waals surface area contributed by atoms with Gasteiger partial charge in [0.2, 0.25) is 5.43 Å². The van der Waals surface area contributed by atoms with Gasteiger partial charge < -0.3 is 14.4 Å². The second-order valence-electron chi connectivity index (χ2n) is 7.85. The largest absolute Gasteiger partial charge is 0.352 e. The SMILES string of the molecule is CCn1cc(C(=O)N2CCN(c3ccc(-n4cncn4)nn3)CC2)c(=O)c2ccc(C)nc21. The van der Waals surface area contributed by atoms with Crippen LogP contribution < -0.4 is 10.3 Å². The second-order valence-corrected chi connectivity index (χ2v) is 7.85. The lowest BCUT2D eigenvalue weighted by Gasteiger charge is -2.35. The van der Waals surface area contributed by atoms with Crippen molar-refractivity contribution in [3.05, 3.63) is 64.6 Å². The summed E-state index contributed by atoms with van der Waals surface area (Å²) in [6.45, 7) is 6.64. The first-order valence-electron chi connectivity index (χ1n) is 10.8. The van der Waals surface area contributed by atoms with E-state index in [0.717, 1.165) is 11.5 Å². The smallest absolute Gasteiger partial charge is 0.259 e. The van der Waals surface area contributed by atoms with E-state index in [1.54, 1.807) is 29.6 Å². The van der Waals surface area contributed by atoms with Crippen LogP contribution >= 0.6 is 0 Å². The summed E-state index contributed by atoms with van der Waals surface area (Å²) in [4.78, 5) is 38.5. The quantitative estimate of drug-likeness (QED) is 0.458. The highest BCUT2D eigenvalue weighted by Crippen LogP contribution is 2.16. The average molecular weight is 445 g/mol. The molecule has 1 amide bonds. The van der Waals surface area contributed by atoms with Crippen molar-refractivity contribution in [2.24, 2.45) is 0 Å². The molecule has 0 radical (unpaired) electrons. The number of carbonyl (C=O) groups is 1. The number of piperazine rings is 1. The molecule has 1 aliphatic rings. The molecular formula is C22H23N9O2. The van der Waals surface area contributed by atoms with Crippen molar-refractivity contribution in [1.29, 1.82) is 0 Å². The molecular weight excluding hydrogens is 422 g/mol. The maximum Gasteiger partial charge on any atom is 0.259 e. The molecule has 0 saturated carbocycles. The number of anilines is 1. The van der Waals surface area contributed by atoms with Gasteiger partial charge in [-0.15, -0.1) is 10.2 Å². The molecule has 0 atom stereocenters. The van der Waals surface area contributed by atoms with Crippen molar-refractivity contribution in [3.8, 4) is 5.82 Å². The summed E-state index contributed by atoms with van der Waals surface area (Å²) in [6.07, 6.45) is 4.64. The van der Waals surface area contributed by atoms with Crippen molar-refractivity contribution in [2.45, 2.75) is 20.4 Å². The van der Waals surface area contributed by atoms with Gasteiger partial charge in [0.15, 0.2) is 11.6 Å². The maximum atomic E-state index is 13.2. The van der Waals surface area contributed by atoms with E-state index in [2.05, 4.69) is 30.2 Å². The number of carbonyl (C=O) groups excluding carboxylic acids is 1. The van der Waals surface area contributed by atoms with E-state index >= 15 is 0 Å². The summed E-state index contributed by atoms with van der Waals surface area (Å²) in [5.41, 5.74) is 1.35. The van der Waals surface area contributed by atoms with E-state index in [9.17, 15) is 9.59 Å². The van der Waals surface area contributed by atoms with Gasteiger partial charge in [-0.1, -0.05) is 0 Å². The van der Waals surface area contributed by atoms with Crippen LogP contribution in [0.2, 0.25) is 0 Å². The van der Waals surface area contributed by atoms with Crippen molar-refractivity contribution in [3.63, 3.8) is 0 Å². The van der Waals surface area contributed by atoms with Crippen LogP contribution in [0.3, 0.4) is 0 Å². The van der Waals surface area contributed by atoms with Gasteiger partial charge >= 0.3 is 0 Å². The molecule has 0 spiro atoms. The molecule has 168 valence electrons. The lowest BCUT2D eigenvalue weighted by molar-refractivity contribution is 0.0744. The first-order chi connectivity index (χ1) is 16.0. The summed E-state index contributed by atoms with van der Waals surface area (Å²) in [5, 5.41) is 13.0. The van der Waals surface area contributed by atoms with Crippen LogP contribution in [0.5, 0.6) is 0 Å². The minimum absolute atomic E-state index is 0.181. The molecule has 0 unspecified atom stereocenters. The van der Waals surface area contributed by atoms with Crippen LogP contribution in [0.25, 0.3) is 16.9 Å². The highest BCUT2D eigenvalue weighted by Gasteiger charge is 2.26. The fourth-order valence-electron chi connectivity index (χ4n) is 4.00. The average Bonchev–Trinajstić information content (AvgIpc) is 3.39. The molecule has 11 heteroatoms. The molecule has 0 bridgehead atoms. The van der Waals surface area contributed by atoms with Crippen LogP contribution in [0.4, 0.5) is 5.82 Å². The zero-order valence-electron chi connectivity index (χ0n) is 18.4. The molecule has 4 aromatic heterocycles. The molecule has 5 heterocycles. The Labute approximate surface area is 189 Å². The van der Waals surface area contributed by atoms with E-state index in [1.807, 2.05) is 30.5 Å². The Morgan fingerprint density at radius 2 is 1.79 bits per heavy atom. The van der Waals surface area contributed by atoms with Gasteiger partial charge in [0.05, 0.1) is 5.39 Å². The van der Waals surface area contributed by atoms with E-state index in [-0.39, 0.29) is 16.9 Å². The number of aryl methyl sites for hydroxylation is 2. The Morgan fingerprint density at radius 1 is 1.03 bits per heavy atom. The summed E-state index contributed by atoms with van der Waals surface area (Å²) in [7, 11) is 0. The lowest BCUT2D eigenvalue weighted by Crippen LogP contribution is -2.50. The summed E-state index contributed by atoms with van der Waals surface area (Å²) >= 11 is 0. The topological polar surface area (TPSA) is 115 Å². The Kier molecular flexibility index (Phi) is 5.29.